The Morgan fingerprint density at radius 2 is 2.20 bits per heavy atom. The fourth-order valence-corrected chi connectivity index (χ4v) is 1.77. The Bertz CT molecular complexity index is 602. The number of carbonyl (C=O) groups is 1. The van der Waals surface area contributed by atoms with Crippen LogP contribution in [0.25, 0.3) is 0 Å². The Kier molecular flexibility index (Phi) is 4.11. The van der Waals surface area contributed by atoms with E-state index in [9.17, 15) is 4.79 Å². The van der Waals surface area contributed by atoms with Gasteiger partial charge in [0.15, 0.2) is 11.5 Å². The van der Waals surface area contributed by atoms with Gasteiger partial charge < -0.3 is 9.26 Å². The van der Waals surface area contributed by atoms with E-state index in [0.717, 1.165) is 0 Å². The summed E-state index contributed by atoms with van der Waals surface area (Å²) in [5.41, 5.74) is 0.912. The van der Waals surface area contributed by atoms with Crippen LogP contribution >= 0.6 is 0 Å². The number of ether oxygens (including phenoxy) is 1. The Labute approximate surface area is 116 Å². The van der Waals surface area contributed by atoms with Gasteiger partial charge in [-0.3, -0.25) is 0 Å². The van der Waals surface area contributed by atoms with Crippen LogP contribution in [0, 0.1) is 0 Å². The number of rotatable bonds is 5. The van der Waals surface area contributed by atoms with Gasteiger partial charge in [-0.15, -0.1) is 5.10 Å². The van der Waals surface area contributed by atoms with Crippen LogP contribution in [0.2, 0.25) is 0 Å². The molecular weight excluding hydrogens is 262 g/mol. The molecule has 0 unspecified atom stereocenters. The summed E-state index contributed by atoms with van der Waals surface area (Å²) >= 11 is 0. The number of esters is 1. The van der Waals surface area contributed by atoms with Crippen molar-refractivity contribution in [2.45, 2.75) is 39.7 Å². The van der Waals surface area contributed by atoms with Crippen LogP contribution in [0.3, 0.4) is 0 Å². The largest absolute Gasteiger partial charge is 0.464 e. The number of aromatic nitrogens is 5. The molecule has 0 N–H and O–H groups in total. The number of nitrogens with zero attached hydrogens (tertiary/aromatic N) is 5. The molecule has 20 heavy (non-hydrogen) atoms. The van der Waals surface area contributed by atoms with Crippen molar-refractivity contribution < 1.29 is 14.1 Å². The fourth-order valence-electron chi connectivity index (χ4n) is 1.77. The summed E-state index contributed by atoms with van der Waals surface area (Å²) in [6.45, 7) is 6.17. The van der Waals surface area contributed by atoms with E-state index in [1.165, 1.54) is 7.11 Å². The van der Waals surface area contributed by atoms with Crippen LogP contribution in [0.15, 0.2) is 4.52 Å². The highest BCUT2D eigenvalue weighted by molar-refractivity contribution is 5.88. The van der Waals surface area contributed by atoms with Crippen molar-refractivity contribution >= 4 is 5.97 Å². The second kappa shape index (κ2) is 5.81. The molecule has 2 heterocycles. The third kappa shape index (κ3) is 2.68. The lowest BCUT2D eigenvalue weighted by Gasteiger charge is -2.02. The highest BCUT2D eigenvalue weighted by Crippen LogP contribution is 2.13. The molecule has 2 aromatic heterocycles. The van der Waals surface area contributed by atoms with Crippen molar-refractivity contribution in [1.82, 2.24) is 25.1 Å². The zero-order chi connectivity index (χ0) is 14.7. The molecule has 0 aliphatic heterocycles. The van der Waals surface area contributed by atoms with Crippen LogP contribution in [0.5, 0.6) is 0 Å². The normalized spacial score (nSPS) is 11.1. The SMILES string of the molecule is CCc1c(C(=O)OC)nnn1Cc1noc(C(C)C)n1. The molecule has 0 atom stereocenters. The van der Waals surface area contributed by atoms with Crippen molar-refractivity contribution in [2.75, 3.05) is 7.11 Å². The summed E-state index contributed by atoms with van der Waals surface area (Å²) in [6.07, 6.45) is 0.603. The van der Waals surface area contributed by atoms with E-state index in [-0.39, 0.29) is 11.6 Å². The van der Waals surface area contributed by atoms with Crippen molar-refractivity contribution in [3.05, 3.63) is 23.1 Å². The first-order valence-electron chi connectivity index (χ1n) is 6.40. The number of hydrogen-bond donors (Lipinski definition) is 0. The summed E-state index contributed by atoms with van der Waals surface area (Å²) < 4.78 is 11.4. The van der Waals surface area contributed by atoms with E-state index in [0.29, 0.717) is 30.4 Å². The van der Waals surface area contributed by atoms with Gasteiger partial charge in [0.25, 0.3) is 0 Å². The average molecular weight is 279 g/mol. The van der Waals surface area contributed by atoms with Gasteiger partial charge in [0.2, 0.25) is 5.89 Å². The van der Waals surface area contributed by atoms with E-state index in [1.807, 2.05) is 20.8 Å². The Hall–Kier alpha value is -2.25. The number of carbonyl (C=O) groups excluding carboxylic acids is 1. The summed E-state index contributed by atoms with van der Waals surface area (Å²) in [7, 11) is 1.31. The molecule has 0 spiro atoms. The van der Waals surface area contributed by atoms with E-state index < -0.39 is 5.97 Å². The van der Waals surface area contributed by atoms with E-state index in [1.54, 1.807) is 4.68 Å². The molecule has 0 aliphatic carbocycles. The van der Waals surface area contributed by atoms with Gasteiger partial charge in [-0.25, -0.2) is 9.48 Å². The van der Waals surface area contributed by atoms with Crippen LogP contribution in [-0.2, 0) is 17.7 Å². The van der Waals surface area contributed by atoms with Crippen molar-refractivity contribution in [1.29, 1.82) is 0 Å². The second-order valence-electron chi connectivity index (χ2n) is 4.59. The summed E-state index contributed by atoms with van der Waals surface area (Å²) in [4.78, 5) is 15.8. The van der Waals surface area contributed by atoms with Crippen LogP contribution in [0.4, 0.5) is 0 Å². The maximum Gasteiger partial charge on any atom is 0.360 e. The monoisotopic (exact) mass is 279 g/mol. The third-order valence-corrected chi connectivity index (χ3v) is 2.82. The third-order valence-electron chi connectivity index (χ3n) is 2.82. The molecule has 0 radical (unpaired) electrons. The molecule has 0 aliphatic rings. The predicted molar refractivity (Wildman–Crippen MR) is 68.2 cm³/mol. The first-order valence-corrected chi connectivity index (χ1v) is 6.40. The summed E-state index contributed by atoms with van der Waals surface area (Å²) in [5.74, 6) is 0.753. The molecule has 2 aromatic rings. The number of hydrogen-bond acceptors (Lipinski definition) is 7. The molecule has 0 saturated carbocycles. The lowest BCUT2D eigenvalue weighted by molar-refractivity contribution is 0.0592. The maximum atomic E-state index is 11.6. The molecule has 8 nitrogen and oxygen atoms in total. The standard InChI is InChI=1S/C12H17N5O3/c1-5-8-10(12(18)19-4)14-16-17(8)6-9-13-11(7(2)3)20-15-9/h7H,5-6H2,1-4H3. The Morgan fingerprint density at radius 1 is 1.45 bits per heavy atom. The smallest absolute Gasteiger partial charge is 0.360 e. The zero-order valence-electron chi connectivity index (χ0n) is 12.0. The topological polar surface area (TPSA) is 95.9 Å². The first kappa shape index (κ1) is 14.2. The fraction of sp³-hybridized carbons (Fsp3) is 0.583. The van der Waals surface area contributed by atoms with Gasteiger partial charge in [-0.1, -0.05) is 31.1 Å². The van der Waals surface area contributed by atoms with Gasteiger partial charge in [0, 0.05) is 5.92 Å². The Balaban J connectivity index is 2.24. The minimum atomic E-state index is -0.496. The highest BCUT2D eigenvalue weighted by Gasteiger charge is 2.20. The molecule has 0 amide bonds. The number of methoxy groups -OCH3 is 1. The lowest BCUT2D eigenvalue weighted by Crippen LogP contribution is -2.10. The molecule has 0 fully saturated rings. The summed E-state index contributed by atoms with van der Waals surface area (Å²) in [5, 5.41) is 11.7. The minimum absolute atomic E-state index is 0.170. The van der Waals surface area contributed by atoms with Crippen LogP contribution in [0.1, 0.15) is 54.6 Å². The second-order valence-corrected chi connectivity index (χ2v) is 4.59. The van der Waals surface area contributed by atoms with E-state index in [2.05, 4.69) is 25.2 Å². The Morgan fingerprint density at radius 3 is 2.75 bits per heavy atom. The van der Waals surface area contributed by atoms with Gasteiger partial charge >= 0.3 is 5.97 Å². The average Bonchev–Trinajstić information content (AvgIpc) is 3.05. The molecule has 0 aromatic carbocycles. The molecule has 0 bridgehead atoms. The van der Waals surface area contributed by atoms with Gasteiger partial charge in [-0.05, 0) is 6.42 Å². The van der Waals surface area contributed by atoms with Crippen LogP contribution < -0.4 is 0 Å². The van der Waals surface area contributed by atoms with Gasteiger partial charge in [-0.2, -0.15) is 4.98 Å². The summed E-state index contributed by atoms with van der Waals surface area (Å²) in [6, 6.07) is 0. The molecule has 8 heteroatoms. The minimum Gasteiger partial charge on any atom is -0.464 e. The quantitative estimate of drug-likeness (QED) is 0.758. The van der Waals surface area contributed by atoms with E-state index >= 15 is 0 Å². The highest BCUT2D eigenvalue weighted by atomic mass is 16.5. The molecule has 2 rings (SSSR count). The van der Waals surface area contributed by atoms with E-state index in [4.69, 9.17) is 4.52 Å². The van der Waals surface area contributed by atoms with Crippen molar-refractivity contribution in [2.24, 2.45) is 0 Å². The molecule has 108 valence electrons. The van der Waals surface area contributed by atoms with Crippen molar-refractivity contribution in [3.8, 4) is 0 Å². The van der Waals surface area contributed by atoms with Gasteiger partial charge in [0.05, 0.1) is 12.8 Å². The lowest BCUT2D eigenvalue weighted by atomic mass is 10.2. The predicted octanol–water partition coefficient (Wildman–Crippen LogP) is 1.18. The zero-order valence-corrected chi connectivity index (χ0v) is 12.0. The molecular formula is C12H17N5O3. The van der Waals surface area contributed by atoms with Crippen LogP contribution in [-0.4, -0.2) is 38.2 Å². The van der Waals surface area contributed by atoms with Crippen molar-refractivity contribution in [3.63, 3.8) is 0 Å². The maximum absolute atomic E-state index is 11.6. The first-order chi connectivity index (χ1) is 9.56. The van der Waals surface area contributed by atoms with Gasteiger partial charge in [0.1, 0.15) is 6.54 Å². The molecule has 0 saturated heterocycles.